The molecule has 2 aromatic carbocycles. The van der Waals surface area contributed by atoms with Crippen LogP contribution >= 0.6 is 0 Å². The van der Waals surface area contributed by atoms with Crippen molar-refractivity contribution in [1.82, 2.24) is 5.32 Å². The number of hydrogen-bond acceptors (Lipinski definition) is 3. The summed E-state index contributed by atoms with van der Waals surface area (Å²) in [6.07, 6.45) is 3.83. The minimum Gasteiger partial charge on any atom is -0.496 e. The van der Waals surface area contributed by atoms with E-state index in [1.165, 1.54) is 24.9 Å². The van der Waals surface area contributed by atoms with Gasteiger partial charge in [0.1, 0.15) is 5.75 Å². The van der Waals surface area contributed by atoms with Gasteiger partial charge in [-0.05, 0) is 63.4 Å². The molecule has 0 radical (unpaired) electrons. The molecule has 144 valence electrons. The number of carbonyl (C=O) groups excluding carboxylic acids is 1. The van der Waals surface area contributed by atoms with Crippen LogP contribution in [0.1, 0.15) is 43.4 Å². The fourth-order valence-corrected chi connectivity index (χ4v) is 3.54. The predicted octanol–water partition coefficient (Wildman–Crippen LogP) is 4.88. The number of amides is 2. The van der Waals surface area contributed by atoms with Gasteiger partial charge in [0.05, 0.1) is 13.2 Å². The minimum atomic E-state index is -0.225. The number of piperidine rings is 1. The quantitative estimate of drug-likeness (QED) is 0.792. The molecule has 0 aromatic heterocycles. The molecule has 3 rings (SSSR count). The van der Waals surface area contributed by atoms with Gasteiger partial charge in [0, 0.05) is 30.0 Å². The third-order valence-electron chi connectivity index (χ3n) is 5.05. The van der Waals surface area contributed by atoms with Gasteiger partial charge in [-0.25, -0.2) is 4.79 Å². The number of rotatable bonds is 5. The van der Waals surface area contributed by atoms with E-state index in [-0.39, 0.29) is 12.1 Å². The molecule has 1 saturated heterocycles. The van der Waals surface area contributed by atoms with Crippen molar-refractivity contribution in [2.24, 2.45) is 0 Å². The molecule has 1 aliphatic rings. The van der Waals surface area contributed by atoms with E-state index in [2.05, 4.69) is 27.7 Å². The molecule has 0 saturated carbocycles. The zero-order chi connectivity index (χ0) is 19.2. The van der Waals surface area contributed by atoms with Crippen LogP contribution in [-0.4, -0.2) is 26.2 Å². The zero-order valence-corrected chi connectivity index (χ0v) is 16.4. The van der Waals surface area contributed by atoms with E-state index in [0.717, 1.165) is 35.7 Å². The molecule has 1 aliphatic heterocycles. The maximum Gasteiger partial charge on any atom is 0.319 e. The van der Waals surface area contributed by atoms with Crippen molar-refractivity contribution in [3.05, 3.63) is 53.6 Å². The van der Waals surface area contributed by atoms with Gasteiger partial charge in [0.2, 0.25) is 0 Å². The summed E-state index contributed by atoms with van der Waals surface area (Å²) >= 11 is 0. The van der Waals surface area contributed by atoms with E-state index in [1.807, 2.05) is 44.2 Å². The van der Waals surface area contributed by atoms with Crippen LogP contribution in [0.5, 0.6) is 5.75 Å². The largest absolute Gasteiger partial charge is 0.496 e. The highest BCUT2D eigenvalue weighted by atomic mass is 16.5. The van der Waals surface area contributed by atoms with Crippen molar-refractivity contribution < 1.29 is 9.53 Å². The number of aryl methyl sites for hydroxylation is 1. The molecule has 0 bridgehead atoms. The summed E-state index contributed by atoms with van der Waals surface area (Å²) in [6.45, 7) is 6.21. The highest BCUT2D eigenvalue weighted by Gasteiger charge is 2.15. The molecular formula is C22H29N3O2. The van der Waals surface area contributed by atoms with Crippen molar-refractivity contribution >= 4 is 17.4 Å². The lowest BCUT2D eigenvalue weighted by atomic mass is 10.0. The molecule has 1 unspecified atom stereocenters. The Morgan fingerprint density at radius 1 is 1.07 bits per heavy atom. The van der Waals surface area contributed by atoms with E-state index < -0.39 is 0 Å². The average molecular weight is 367 g/mol. The summed E-state index contributed by atoms with van der Waals surface area (Å²) in [5.74, 6) is 0.777. The molecule has 0 aliphatic carbocycles. The van der Waals surface area contributed by atoms with Crippen LogP contribution in [0, 0.1) is 6.92 Å². The Morgan fingerprint density at radius 2 is 1.78 bits per heavy atom. The Bertz CT molecular complexity index is 768. The van der Waals surface area contributed by atoms with E-state index in [4.69, 9.17) is 4.74 Å². The standard InChI is InChI=1S/C22H29N3O2/c1-16-7-12-21(27-3)20(15-16)17(2)23-22(26)24-18-8-10-19(11-9-18)25-13-5-4-6-14-25/h7-12,15,17H,4-6,13-14H2,1-3H3,(H2,23,24,26). The summed E-state index contributed by atoms with van der Waals surface area (Å²) in [7, 11) is 1.64. The number of benzene rings is 2. The second kappa shape index (κ2) is 8.80. The fraction of sp³-hybridized carbons (Fsp3) is 0.409. The smallest absolute Gasteiger partial charge is 0.319 e. The first-order valence-corrected chi connectivity index (χ1v) is 9.64. The number of urea groups is 1. The first-order chi connectivity index (χ1) is 13.1. The Morgan fingerprint density at radius 3 is 2.44 bits per heavy atom. The number of ether oxygens (including phenoxy) is 1. The maximum absolute atomic E-state index is 12.4. The first-order valence-electron chi connectivity index (χ1n) is 9.64. The normalized spacial score (nSPS) is 15.1. The second-order valence-electron chi connectivity index (χ2n) is 7.16. The van der Waals surface area contributed by atoms with Gasteiger partial charge in [-0.3, -0.25) is 0 Å². The van der Waals surface area contributed by atoms with Crippen LogP contribution in [-0.2, 0) is 0 Å². The van der Waals surface area contributed by atoms with Gasteiger partial charge in [-0.2, -0.15) is 0 Å². The summed E-state index contributed by atoms with van der Waals surface area (Å²) in [4.78, 5) is 14.8. The number of carbonyl (C=O) groups is 1. The van der Waals surface area contributed by atoms with Crippen LogP contribution in [0.2, 0.25) is 0 Å². The molecule has 2 aromatic rings. The molecule has 27 heavy (non-hydrogen) atoms. The summed E-state index contributed by atoms with van der Waals surface area (Å²) in [5, 5.41) is 5.90. The maximum atomic E-state index is 12.4. The molecule has 1 atom stereocenters. The highest BCUT2D eigenvalue weighted by molar-refractivity contribution is 5.89. The van der Waals surface area contributed by atoms with Crippen LogP contribution < -0.4 is 20.3 Å². The zero-order valence-electron chi connectivity index (χ0n) is 16.4. The molecular weight excluding hydrogens is 338 g/mol. The molecule has 0 spiro atoms. The van der Waals surface area contributed by atoms with Crippen LogP contribution in [0.3, 0.4) is 0 Å². The van der Waals surface area contributed by atoms with Gasteiger partial charge in [-0.15, -0.1) is 0 Å². The van der Waals surface area contributed by atoms with E-state index in [9.17, 15) is 4.79 Å². The molecule has 2 N–H and O–H groups in total. The Kier molecular flexibility index (Phi) is 6.22. The van der Waals surface area contributed by atoms with E-state index >= 15 is 0 Å². The van der Waals surface area contributed by atoms with Gasteiger partial charge < -0.3 is 20.3 Å². The lowest BCUT2D eigenvalue weighted by Crippen LogP contribution is -2.31. The number of methoxy groups -OCH3 is 1. The van der Waals surface area contributed by atoms with Crippen LogP contribution in [0.15, 0.2) is 42.5 Å². The number of nitrogens with zero attached hydrogens (tertiary/aromatic N) is 1. The van der Waals surface area contributed by atoms with E-state index in [1.54, 1.807) is 7.11 Å². The number of nitrogens with one attached hydrogen (secondary N) is 2. The van der Waals surface area contributed by atoms with Crippen molar-refractivity contribution in [3.8, 4) is 5.75 Å². The Hall–Kier alpha value is -2.69. The average Bonchev–Trinajstić information content (AvgIpc) is 2.69. The SMILES string of the molecule is COc1ccc(C)cc1C(C)NC(=O)Nc1ccc(N2CCCCC2)cc1. The van der Waals surface area contributed by atoms with Gasteiger partial charge in [0.15, 0.2) is 0 Å². The third-order valence-corrected chi connectivity index (χ3v) is 5.05. The summed E-state index contributed by atoms with van der Waals surface area (Å²) in [6, 6.07) is 13.7. The van der Waals surface area contributed by atoms with Crippen molar-refractivity contribution in [1.29, 1.82) is 0 Å². The van der Waals surface area contributed by atoms with Gasteiger partial charge in [0.25, 0.3) is 0 Å². The van der Waals surface area contributed by atoms with E-state index in [0.29, 0.717) is 0 Å². The molecule has 1 fully saturated rings. The highest BCUT2D eigenvalue weighted by Crippen LogP contribution is 2.26. The topological polar surface area (TPSA) is 53.6 Å². The van der Waals surface area contributed by atoms with Crippen molar-refractivity contribution in [2.45, 2.75) is 39.2 Å². The summed E-state index contributed by atoms with van der Waals surface area (Å²) < 4.78 is 5.42. The minimum absolute atomic E-state index is 0.160. The van der Waals surface area contributed by atoms with Crippen LogP contribution in [0.25, 0.3) is 0 Å². The fourth-order valence-electron chi connectivity index (χ4n) is 3.54. The first kappa shape index (κ1) is 19.1. The molecule has 5 heteroatoms. The van der Waals surface area contributed by atoms with Crippen molar-refractivity contribution in [2.75, 3.05) is 30.4 Å². The summed E-state index contributed by atoms with van der Waals surface area (Å²) in [5.41, 5.74) is 4.11. The lowest BCUT2D eigenvalue weighted by Gasteiger charge is -2.28. The lowest BCUT2D eigenvalue weighted by molar-refractivity contribution is 0.249. The Balaban J connectivity index is 1.59. The number of anilines is 2. The monoisotopic (exact) mass is 367 g/mol. The molecule has 2 amide bonds. The van der Waals surface area contributed by atoms with Crippen molar-refractivity contribution in [3.63, 3.8) is 0 Å². The van der Waals surface area contributed by atoms with Crippen LogP contribution in [0.4, 0.5) is 16.2 Å². The number of hydrogen-bond donors (Lipinski definition) is 2. The Labute approximate surface area is 161 Å². The third kappa shape index (κ3) is 4.94. The molecule has 5 nitrogen and oxygen atoms in total. The second-order valence-corrected chi connectivity index (χ2v) is 7.16. The van der Waals surface area contributed by atoms with Gasteiger partial charge in [-0.1, -0.05) is 17.7 Å². The molecule has 1 heterocycles. The predicted molar refractivity (Wildman–Crippen MR) is 111 cm³/mol. The van der Waals surface area contributed by atoms with Gasteiger partial charge >= 0.3 is 6.03 Å².